The van der Waals surface area contributed by atoms with E-state index < -0.39 is 11.0 Å². The lowest BCUT2D eigenvalue weighted by atomic mass is 10.1. The van der Waals surface area contributed by atoms with Gasteiger partial charge in [0.2, 0.25) is 0 Å². The molecule has 0 bridgehead atoms. The molecule has 0 aliphatic carbocycles. The van der Waals surface area contributed by atoms with Gasteiger partial charge in [0, 0.05) is 21.8 Å². The first-order valence-electron chi connectivity index (χ1n) is 4.92. The van der Waals surface area contributed by atoms with Gasteiger partial charge in [-0.15, -0.1) is 0 Å². The molecule has 7 heteroatoms. The molecule has 6 nitrogen and oxygen atoms in total. The molecule has 0 saturated heterocycles. The van der Waals surface area contributed by atoms with E-state index >= 15 is 0 Å². The summed E-state index contributed by atoms with van der Waals surface area (Å²) in [6.45, 7) is 1.18. The molecule has 0 atom stereocenters. The van der Waals surface area contributed by atoms with E-state index in [1.54, 1.807) is 13.0 Å². The first-order chi connectivity index (χ1) is 7.99. The summed E-state index contributed by atoms with van der Waals surface area (Å²) < 4.78 is 0.515. The Morgan fingerprint density at radius 3 is 2.53 bits per heavy atom. The second-order valence-electron chi connectivity index (χ2n) is 3.58. The van der Waals surface area contributed by atoms with Gasteiger partial charge in [-0.1, -0.05) is 0 Å². The minimum absolute atomic E-state index is 0.0203. The monoisotopic (exact) mass is 304 g/mol. The van der Waals surface area contributed by atoms with Crippen molar-refractivity contribution in [3.8, 4) is 0 Å². The lowest BCUT2D eigenvalue weighted by Crippen LogP contribution is -2.27. The first-order valence-corrected chi connectivity index (χ1v) is 5.71. The summed E-state index contributed by atoms with van der Waals surface area (Å²) in [5.74, 6) is 0. The highest BCUT2D eigenvalue weighted by Crippen LogP contribution is 2.30. The number of nitrogens with one attached hydrogen (secondary N) is 1. The van der Waals surface area contributed by atoms with Crippen LogP contribution >= 0.6 is 15.9 Å². The maximum Gasteiger partial charge on any atom is 0.273 e. The van der Waals surface area contributed by atoms with Crippen molar-refractivity contribution in [3.63, 3.8) is 0 Å². The molecule has 17 heavy (non-hydrogen) atoms. The molecule has 0 aliphatic rings. The number of hydrogen-bond donors (Lipinski definition) is 3. The second kappa shape index (κ2) is 5.95. The number of nitro benzene ring substituents is 1. The van der Waals surface area contributed by atoms with Crippen LogP contribution in [0, 0.1) is 17.0 Å². The van der Waals surface area contributed by atoms with Gasteiger partial charge in [0.25, 0.3) is 5.69 Å². The van der Waals surface area contributed by atoms with Gasteiger partial charge in [0.05, 0.1) is 24.2 Å². The van der Waals surface area contributed by atoms with E-state index in [1.807, 2.05) is 0 Å². The molecule has 0 unspecified atom stereocenters. The van der Waals surface area contributed by atoms with Crippen LogP contribution < -0.4 is 5.32 Å². The largest absolute Gasteiger partial charge is 0.394 e. The SMILES string of the molecule is Cc1cc(NC(CO)CO)c(Br)cc1[N+](=O)[O-]. The van der Waals surface area contributed by atoms with Gasteiger partial charge in [0.1, 0.15) is 0 Å². The Balaban J connectivity index is 3.03. The van der Waals surface area contributed by atoms with Crippen molar-refractivity contribution in [1.29, 1.82) is 0 Å². The molecule has 0 amide bonds. The van der Waals surface area contributed by atoms with Crippen molar-refractivity contribution in [1.82, 2.24) is 0 Å². The van der Waals surface area contributed by atoms with Gasteiger partial charge in [-0.25, -0.2) is 0 Å². The number of aliphatic hydroxyl groups is 2. The summed E-state index contributed by atoms with van der Waals surface area (Å²) in [6, 6.07) is 2.50. The summed E-state index contributed by atoms with van der Waals surface area (Å²) >= 11 is 3.21. The Labute approximate surface area is 107 Å². The van der Waals surface area contributed by atoms with Crippen LogP contribution in [0.5, 0.6) is 0 Å². The van der Waals surface area contributed by atoms with E-state index in [0.717, 1.165) is 0 Å². The van der Waals surface area contributed by atoms with Crippen molar-refractivity contribution in [2.75, 3.05) is 18.5 Å². The number of rotatable bonds is 5. The summed E-state index contributed by atoms with van der Waals surface area (Å²) in [4.78, 5) is 10.2. The van der Waals surface area contributed by atoms with Crippen LogP contribution in [-0.2, 0) is 0 Å². The highest BCUT2D eigenvalue weighted by atomic mass is 79.9. The average molecular weight is 305 g/mol. The van der Waals surface area contributed by atoms with Crippen molar-refractivity contribution in [2.24, 2.45) is 0 Å². The molecule has 94 valence electrons. The fourth-order valence-electron chi connectivity index (χ4n) is 1.35. The minimum atomic E-state index is -0.493. The van der Waals surface area contributed by atoms with Crippen LogP contribution in [0.4, 0.5) is 11.4 Å². The zero-order valence-corrected chi connectivity index (χ0v) is 10.8. The minimum Gasteiger partial charge on any atom is -0.394 e. The van der Waals surface area contributed by atoms with Crippen molar-refractivity contribution in [2.45, 2.75) is 13.0 Å². The van der Waals surface area contributed by atoms with Crippen molar-refractivity contribution >= 4 is 27.3 Å². The van der Waals surface area contributed by atoms with E-state index in [1.165, 1.54) is 6.07 Å². The zero-order valence-electron chi connectivity index (χ0n) is 9.18. The summed E-state index contributed by atoms with van der Waals surface area (Å²) in [5, 5.41) is 31.5. The molecule has 0 spiro atoms. The maximum atomic E-state index is 10.7. The van der Waals surface area contributed by atoms with Crippen LogP contribution in [0.1, 0.15) is 5.56 Å². The van der Waals surface area contributed by atoms with Gasteiger partial charge >= 0.3 is 0 Å². The molecule has 3 N–H and O–H groups in total. The van der Waals surface area contributed by atoms with Crippen molar-refractivity contribution < 1.29 is 15.1 Å². The first kappa shape index (κ1) is 13.9. The molecule has 1 rings (SSSR count). The van der Waals surface area contributed by atoms with Crippen LogP contribution in [0.3, 0.4) is 0 Å². The summed E-state index contributed by atoms with van der Waals surface area (Å²) in [6.07, 6.45) is 0. The standard InChI is InChI=1S/C10H13BrN2O4/c1-6-2-9(12-7(4-14)5-15)8(11)3-10(6)13(16)17/h2-3,7,12,14-15H,4-5H2,1H3. The average Bonchev–Trinajstić information content (AvgIpc) is 2.29. The highest BCUT2D eigenvalue weighted by Gasteiger charge is 2.15. The third kappa shape index (κ3) is 3.39. The van der Waals surface area contributed by atoms with Gasteiger partial charge in [0.15, 0.2) is 0 Å². The predicted molar refractivity (Wildman–Crippen MR) is 67.1 cm³/mol. The fraction of sp³-hybridized carbons (Fsp3) is 0.400. The molecular formula is C10H13BrN2O4. The molecule has 0 aliphatic heterocycles. The van der Waals surface area contributed by atoms with Gasteiger partial charge < -0.3 is 15.5 Å². The maximum absolute atomic E-state index is 10.7. The topological polar surface area (TPSA) is 95.6 Å². The Morgan fingerprint density at radius 1 is 1.47 bits per heavy atom. The van der Waals surface area contributed by atoms with Gasteiger partial charge in [-0.2, -0.15) is 0 Å². The molecule has 1 aromatic carbocycles. The number of halogens is 1. The van der Waals surface area contributed by atoms with E-state index in [-0.39, 0.29) is 18.9 Å². The van der Waals surface area contributed by atoms with Crippen LogP contribution in [-0.4, -0.2) is 34.4 Å². The van der Waals surface area contributed by atoms with Gasteiger partial charge in [-0.3, -0.25) is 10.1 Å². The number of hydrogen-bond acceptors (Lipinski definition) is 5. The number of benzene rings is 1. The Morgan fingerprint density at radius 2 is 2.06 bits per heavy atom. The van der Waals surface area contributed by atoms with E-state index in [4.69, 9.17) is 10.2 Å². The molecular weight excluding hydrogens is 292 g/mol. The van der Waals surface area contributed by atoms with E-state index in [0.29, 0.717) is 15.7 Å². The second-order valence-corrected chi connectivity index (χ2v) is 4.44. The third-order valence-corrected chi connectivity index (χ3v) is 2.94. The quantitative estimate of drug-likeness (QED) is 0.565. The zero-order chi connectivity index (χ0) is 13.0. The molecule has 0 aromatic heterocycles. The Bertz CT molecular complexity index is 421. The number of anilines is 1. The number of nitrogens with zero attached hydrogens (tertiary/aromatic N) is 1. The Hall–Kier alpha value is -1.18. The highest BCUT2D eigenvalue weighted by molar-refractivity contribution is 9.10. The molecule has 0 heterocycles. The Kier molecular flexibility index (Phi) is 4.86. The predicted octanol–water partition coefficient (Wildman–Crippen LogP) is 1.43. The summed E-state index contributed by atoms with van der Waals surface area (Å²) in [5.41, 5.74) is 1.13. The number of aryl methyl sites for hydroxylation is 1. The van der Waals surface area contributed by atoms with Crippen LogP contribution in [0.25, 0.3) is 0 Å². The lowest BCUT2D eigenvalue weighted by Gasteiger charge is -2.16. The fourth-order valence-corrected chi connectivity index (χ4v) is 1.79. The molecule has 0 saturated carbocycles. The van der Waals surface area contributed by atoms with Crippen LogP contribution in [0.2, 0.25) is 0 Å². The van der Waals surface area contributed by atoms with Crippen LogP contribution in [0.15, 0.2) is 16.6 Å². The van der Waals surface area contributed by atoms with E-state index in [9.17, 15) is 10.1 Å². The molecule has 0 radical (unpaired) electrons. The molecule has 0 fully saturated rings. The number of nitro groups is 1. The van der Waals surface area contributed by atoms with Gasteiger partial charge in [-0.05, 0) is 28.9 Å². The smallest absolute Gasteiger partial charge is 0.273 e. The normalized spacial score (nSPS) is 10.6. The van der Waals surface area contributed by atoms with Crippen molar-refractivity contribution in [3.05, 3.63) is 32.3 Å². The summed E-state index contributed by atoms with van der Waals surface area (Å²) in [7, 11) is 0. The van der Waals surface area contributed by atoms with E-state index in [2.05, 4.69) is 21.2 Å². The number of aliphatic hydroxyl groups excluding tert-OH is 2. The lowest BCUT2D eigenvalue weighted by molar-refractivity contribution is -0.385. The molecule has 1 aromatic rings. The third-order valence-electron chi connectivity index (χ3n) is 2.28.